The second kappa shape index (κ2) is 29.1. The Morgan fingerprint density at radius 1 is 0.317 bits per heavy atom. The molecule has 12 bridgehead atoms. The Balaban J connectivity index is 0.00000880. The molecule has 82 heavy (non-hydrogen) atoms. The highest BCUT2D eigenvalue weighted by molar-refractivity contribution is 5.85. The standard InChI is InChI=1S/C51H80O30.ClH/c52-14-21-38-27(58)32(63)45(69-21)76-39-22(15-53)71-47(34(65)29(39)60)78-41-24(17-55)73-49(36(67)31(41)62)80-43-26(19-57)74-50(37(68)44(43)81-51(20-10-6-5-7-11-20)12-8-3-1-2-4-9-13-51)79-42-25(18-56)72-48(35(66)30(42)61)77-40-23(16-54)70-46(75-38)33(64)28(40)59;/h5-7,10-11,21-50,52-68H,1-4,8-9,12-19H2;1H/t21-,22-,23-,24-,25-,26-,27-,28-,29-,30-,31-,32-,33-,34-,35-,36-,37-,38-,39-,40-,41-,42-,43+,44-,45-,46-,47-,48-,49-,50-;/m1./s1. The van der Waals surface area contributed by atoms with Gasteiger partial charge in [-0.05, 0) is 18.4 Å². The van der Waals surface area contributed by atoms with Crippen molar-refractivity contribution in [3.05, 3.63) is 35.9 Å². The number of hydrogen-bond acceptors (Lipinski definition) is 30. The van der Waals surface area contributed by atoms with Crippen LogP contribution in [0.4, 0.5) is 0 Å². The summed E-state index contributed by atoms with van der Waals surface area (Å²) in [6.45, 7) is -5.86. The molecule has 0 aromatic heterocycles. The molecular weight excluding hydrogens is 1130 g/mol. The van der Waals surface area contributed by atoms with Gasteiger partial charge in [-0.1, -0.05) is 68.9 Å². The Kier molecular flexibility index (Phi) is 23.5. The number of benzene rings is 1. The van der Waals surface area contributed by atoms with Crippen LogP contribution in [0.25, 0.3) is 0 Å². The lowest BCUT2D eigenvalue weighted by molar-refractivity contribution is -0.407. The summed E-state index contributed by atoms with van der Waals surface area (Å²) in [5.74, 6) is 0. The van der Waals surface area contributed by atoms with Gasteiger partial charge < -0.3 is 148 Å². The molecule has 30 nitrogen and oxygen atoms in total. The first-order valence-corrected chi connectivity index (χ1v) is 27.7. The first-order chi connectivity index (χ1) is 38.9. The second-order valence-electron chi connectivity index (χ2n) is 21.9. The molecule has 31 heteroatoms. The van der Waals surface area contributed by atoms with Crippen LogP contribution in [0.2, 0.25) is 0 Å². The zero-order chi connectivity index (χ0) is 58.0. The molecule has 23 fully saturated rings. The van der Waals surface area contributed by atoms with Crippen molar-refractivity contribution in [3.8, 4) is 0 Å². The van der Waals surface area contributed by atoms with E-state index in [-0.39, 0.29) is 12.4 Å². The molecule has 1 saturated carbocycles. The maximum Gasteiger partial charge on any atom is 0.187 e. The van der Waals surface area contributed by atoms with E-state index in [4.69, 9.17) is 61.6 Å². The fourth-order valence-electron chi connectivity index (χ4n) is 12.2. The summed E-state index contributed by atoms with van der Waals surface area (Å²) in [5, 5.41) is 192. The van der Waals surface area contributed by atoms with E-state index in [1.54, 1.807) is 0 Å². The summed E-state index contributed by atoms with van der Waals surface area (Å²) in [7, 11) is 0. The van der Waals surface area contributed by atoms with Gasteiger partial charge in [-0.3, -0.25) is 0 Å². The molecule has 0 unspecified atom stereocenters. The van der Waals surface area contributed by atoms with Gasteiger partial charge in [0, 0.05) is 0 Å². The van der Waals surface area contributed by atoms with Crippen molar-refractivity contribution in [1.82, 2.24) is 0 Å². The second-order valence-corrected chi connectivity index (χ2v) is 21.9. The molecule has 472 valence electrons. The number of ether oxygens (including phenoxy) is 13. The third kappa shape index (κ3) is 13.5. The molecule has 22 heterocycles. The minimum Gasteiger partial charge on any atom is -0.394 e. The van der Waals surface area contributed by atoms with Crippen LogP contribution in [-0.4, -0.2) is 311 Å². The van der Waals surface area contributed by atoms with Crippen molar-refractivity contribution >= 4 is 12.4 Å². The van der Waals surface area contributed by atoms with Crippen LogP contribution in [0.3, 0.4) is 0 Å². The van der Waals surface area contributed by atoms with Gasteiger partial charge in [0.05, 0.1) is 45.2 Å². The minimum atomic E-state index is -2.15. The molecule has 1 aromatic carbocycles. The lowest BCUT2D eigenvalue weighted by Gasteiger charge is -2.52. The van der Waals surface area contributed by atoms with Crippen LogP contribution in [-0.2, 0) is 67.2 Å². The number of halogens is 1. The predicted octanol–water partition coefficient (Wildman–Crippen LogP) is -7.58. The average molecular weight is 1210 g/mol. The van der Waals surface area contributed by atoms with Gasteiger partial charge in [-0.15, -0.1) is 12.4 Å². The zero-order valence-corrected chi connectivity index (χ0v) is 45.2. The predicted molar refractivity (Wildman–Crippen MR) is 267 cm³/mol. The van der Waals surface area contributed by atoms with Crippen LogP contribution in [0.15, 0.2) is 30.3 Å². The van der Waals surface area contributed by atoms with Crippen LogP contribution in [0.1, 0.15) is 56.9 Å². The fraction of sp³-hybridized carbons (Fsp3) is 0.882. The van der Waals surface area contributed by atoms with Crippen molar-refractivity contribution in [2.24, 2.45) is 0 Å². The highest BCUT2D eigenvalue weighted by Gasteiger charge is 2.60. The molecule has 23 aliphatic rings. The normalized spacial score (nSPS) is 48.9. The maximum atomic E-state index is 12.6. The monoisotopic (exact) mass is 1210 g/mol. The molecular formula is C51H81ClO30. The van der Waals surface area contributed by atoms with E-state index in [9.17, 15) is 86.8 Å². The summed E-state index contributed by atoms with van der Waals surface area (Å²) in [6, 6.07) is 9.13. The SMILES string of the molecule is Cl.OC[C@H]1O[C@@H]2O[C@H]3[C@H](O)[C@@H](O)[C@@H](O[C@H]4[C@H](O)[C@@H](O)[C@@H](O[C@H]5[C@H](O)[C@@H](O)[C@@H](O[C@H]6[C@H](O)[C@@H](O)[C@@H](O[C@H]7[C@H](O)[C@@H](O)[C@@H](O[C@@H]1[C@H](OC1(c8ccccc8)CCCCCCCC1)[C@H]2O)O[C@@H]7CO)O[C@@H]6CO)O[C@@H]5CO)O[C@@H]4CO)O[C@@H]3CO. The van der Waals surface area contributed by atoms with Crippen molar-refractivity contribution in [2.75, 3.05) is 39.6 Å². The summed E-state index contributed by atoms with van der Waals surface area (Å²) in [6.07, 6.45) is -51.8. The van der Waals surface area contributed by atoms with Gasteiger partial charge >= 0.3 is 0 Å². The summed E-state index contributed by atoms with van der Waals surface area (Å²) in [4.78, 5) is 0. The van der Waals surface area contributed by atoms with E-state index in [0.29, 0.717) is 31.2 Å². The van der Waals surface area contributed by atoms with E-state index in [1.807, 2.05) is 30.3 Å². The molecule has 1 aliphatic carbocycles. The lowest BCUT2D eigenvalue weighted by atomic mass is 9.83. The molecule has 30 atom stereocenters. The third-order valence-corrected chi connectivity index (χ3v) is 16.7. The summed E-state index contributed by atoms with van der Waals surface area (Å²) < 4.78 is 78.5. The van der Waals surface area contributed by atoms with Gasteiger partial charge in [0.2, 0.25) is 0 Å². The highest BCUT2D eigenvalue weighted by atomic mass is 35.5. The Morgan fingerprint density at radius 3 is 0.841 bits per heavy atom. The van der Waals surface area contributed by atoms with E-state index < -0.39 is 229 Å². The summed E-state index contributed by atoms with van der Waals surface area (Å²) in [5.41, 5.74) is -0.478. The van der Waals surface area contributed by atoms with Crippen LogP contribution < -0.4 is 0 Å². The van der Waals surface area contributed by atoms with E-state index in [2.05, 4.69) is 0 Å². The minimum absolute atomic E-state index is 0. The van der Waals surface area contributed by atoms with Gasteiger partial charge in [-0.25, -0.2) is 0 Å². The van der Waals surface area contributed by atoms with Crippen LogP contribution in [0, 0.1) is 0 Å². The lowest BCUT2D eigenvalue weighted by Crippen LogP contribution is -2.69. The fourth-order valence-corrected chi connectivity index (χ4v) is 12.2. The van der Waals surface area contributed by atoms with Crippen LogP contribution in [0.5, 0.6) is 0 Å². The van der Waals surface area contributed by atoms with Gasteiger partial charge in [0.1, 0.15) is 146 Å². The van der Waals surface area contributed by atoms with Crippen molar-refractivity contribution in [3.63, 3.8) is 0 Å². The van der Waals surface area contributed by atoms with Crippen molar-refractivity contribution in [1.29, 1.82) is 0 Å². The number of aliphatic hydroxyl groups is 17. The Bertz CT molecular complexity index is 2060. The number of rotatable bonds is 9. The molecule has 1 aromatic rings. The van der Waals surface area contributed by atoms with E-state index in [1.165, 1.54) is 0 Å². The topological polar surface area (TPSA) is 464 Å². The van der Waals surface area contributed by atoms with Gasteiger partial charge in [0.25, 0.3) is 0 Å². The quantitative estimate of drug-likeness (QED) is 0.109. The molecule has 22 saturated heterocycles. The molecule has 0 amide bonds. The molecule has 24 rings (SSSR count). The first kappa shape index (κ1) is 66.3. The molecule has 0 spiro atoms. The molecule has 17 N–H and O–H groups in total. The Labute approximate surface area is 476 Å². The summed E-state index contributed by atoms with van der Waals surface area (Å²) >= 11 is 0. The average Bonchev–Trinajstić information content (AvgIpc) is 2.71. The Hall–Kier alpha value is -1.69. The maximum absolute atomic E-state index is 12.6. The van der Waals surface area contributed by atoms with E-state index in [0.717, 1.165) is 25.7 Å². The van der Waals surface area contributed by atoms with Gasteiger partial charge in [0.15, 0.2) is 37.7 Å². The Morgan fingerprint density at radius 2 is 0.561 bits per heavy atom. The van der Waals surface area contributed by atoms with Crippen LogP contribution >= 0.6 is 12.4 Å². The highest BCUT2D eigenvalue weighted by Crippen LogP contribution is 2.44. The van der Waals surface area contributed by atoms with Gasteiger partial charge in [-0.2, -0.15) is 0 Å². The molecule has 0 radical (unpaired) electrons. The first-order valence-electron chi connectivity index (χ1n) is 27.7. The number of aliphatic hydroxyl groups excluding tert-OH is 17. The van der Waals surface area contributed by atoms with Crippen molar-refractivity contribution in [2.45, 2.75) is 241 Å². The zero-order valence-electron chi connectivity index (χ0n) is 44.4. The smallest absolute Gasteiger partial charge is 0.187 e. The largest absolute Gasteiger partial charge is 0.394 e. The van der Waals surface area contributed by atoms with Crippen molar-refractivity contribution < 1.29 is 148 Å². The van der Waals surface area contributed by atoms with E-state index >= 15 is 0 Å². The molecule has 22 aliphatic heterocycles. The third-order valence-electron chi connectivity index (χ3n) is 16.7. The number of hydrogen-bond donors (Lipinski definition) is 17.